The molecule has 0 radical (unpaired) electrons. The molecule has 1 fully saturated rings. The number of amidine groups is 1. The number of hydrogen-bond donors (Lipinski definition) is 7. The predicted octanol–water partition coefficient (Wildman–Crippen LogP) is -3.01. The van der Waals surface area contributed by atoms with Crippen molar-refractivity contribution in [1.29, 1.82) is 0 Å². The summed E-state index contributed by atoms with van der Waals surface area (Å²) in [5.41, 5.74) is 5.97. The molecule has 1 aliphatic rings. The molecule has 0 bridgehead atoms. The van der Waals surface area contributed by atoms with Crippen LogP contribution in [0.2, 0.25) is 0 Å². The Bertz CT molecular complexity index is 574. The summed E-state index contributed by atoms with van der Waals surface area (Å²) >= 11 is 0. The summed E-state index contributed by atoms with van der Waals surface area (Å²) in [6.07, 6.45) is -5.71. The Labute approximate surface area is 123 Å². The Balaban J connectivity index is 2.10. The van der Waals surface area contributed by atoms with Crippen LogP contribution in [0.4, 0.5) is 0 Å². The number of aromatic amines is 1. The van der Waals surface area contributed by atoms with Crippen LogP contribution in [-0.4, -0.2) is 71.7 Å². The van der Waals surface area contributed by atoms with Gasteiger partial charge < -0.3 is 40.6 Å². The SMILES string of the molecule is NC(=NC1O[C@H](C(O)OP(=O)(O)O)[C@@H](O)[C@H]1O)c1cnc[nH]1. The number of imidazole rings is 1. The standard InChI is InChI=1S/C9H15N4O8P/c10-7(3-1-11-2-12-3)13-8-5(15)4(14)6(20-8)9(16)21-22(17,18)19/h1-2,4-6,8-9,14-16H,(H2,10,13)(H,11,12)(H2,17,18,19)/t4-,5+,6-,8?,9?/m0/s1. The van der Waals surface area contributed by atoms with Crippen LogP contribution < -0.4 is 5.73 Å². The molecule has 2 rings (SSSR count). The molecule has 22 heavy (non-hydrogen) atoms. The number of nitrogens with zero attached hydrogens (tertiary/aromatic N) is 2. The molecule has 12 nitrogen and oxygen atoms in total. The minimum Gasteiger partial charge on any atom is -0.387 e. The van der Waals surface area contributed by atoms with Crippen molar-refractivity contribution in [3.63, 3.8) is 0 Å². The van der Waals surface area contributed by atoms with E-state index in [1.807, 2.05) is 0 Å². The van der Waals surface area contributed by atoms with E-state index in [0.29, 0.717) is 5.69 Å². The Morgan fingerprint density at radius 2 is 2.18 bits per heavy atom. The van der Waals surface area contributed by atoms with Gasteiger partial charge in [0.2, 0.25) is 0 Å². The molecular formula is C9H15N4O8P. The minimum atomic E-state index is -5.00. The van der Waals surface area contributed by atoms with Crippen LogP contribution in [0.1, 0.15) is 5.69 Å². The Morgan fingerprint density at radius 3 is 2.73 bits per heavy atom. The van der Waals surface area contributed by atoms with Gasteiger partial charge in [0.15, 0.2) is 12.5 Å². The van der Waals surface area contributed by atoms with Gasteiger partial charge in [0, 0.05) is 0 Å². The lowest BCUT2D eigenvalue weighted by molar-refractivity contribution is -0.152. The van der Waals surface area contributed by atoms with Crippen molar-refractivity contribution in [2.24, 2.45) is 10.7 Å². The fourth-order valence-corrected chi connectivity index (χ4v) is 2.23. The van der Waals surface area contributed by atoms with Crippen molar-refractivity contribution < 1.29 is 38.9 Å². The van der Waals surface area contributed by atoms with Crippen LogP contribution in [0.5, 0.6) is 0 Å². The number of aliphatic imine (C=N–C) groups is 1. The maximum atomic E-state index is 10.7. The van der Waals surface area contributed by atoms with Crippen LogP contribution in [0.25, 0.3) is 0 Å². The van der Waals surface area contributed by atoms with Crippen molar-refractivity contribution in [3.8, 4) is 0 Å². The maximum Gasteiger partial charge on any atom is 0.472 e. The van der Waals surface area contributed by atoms with E-state index in [0.717, 1.165) is 0 Å². The fraction of sp³-hybridized carbons (Fsp3) is 0.556. The molecular weight excluding hydrogens is 323 g/mol. The van der Waals surface area contributed by atoms with Gasteiger partial charge >= 0.3 is 7.82 Å². The highest BCUT2D eigenvalue weighted by atomic mass is 31.2. The summed E-state index contributed by atoms with van der Waals surface area (Å²) in [5, 5.41) is 29.0. The molecule has 13 heteroatoms. The maximum absolute atomic E-state index is 10.7. The Hall–Kier alpha value is -1.37. The molecule has 0 amide bonds. The van der Waals surface area contributed by atoms with Gasteiger partial charge in [-0.25, -0.2) is 14.5 Å². The van der Waals surface area contributed by atoms with Crippen molar-refractivity contribution in [2.75, 3.05) is 0 Å². The van der Waals surface area contributed by atoms with Crippen molar-refractivity contribution in [3.05, 3.63) is 18.2 Å². The van der Waals surface area contributed by atoms with Gasteiger partial charge in [0.25, 0.3) is 0 Å². The van der Waals surface area contributed by atoms with Crippen molar-refractivity contribution in [2.45, 2.75) is 30.8 Å². The second-order valence-corrected chi connectivity index (χ2v) is 5.63. The number of aliphatic hydroxyl groups excluding tert-OH is 3. The zero-order valence-corrected chi connectivity index (χ0v) is 11.8. The molecule has 1 aromatic rings. The Morgan fingerprint density at radius 1 is 1.50 bits per heavy atom. The fourth-order valence-electron chi connectivity index (χ4n) is 1.83. The zero-order valence-electron chi connectivity index (χ0n) is 10.9. The molecule has 8 N–H and O–H groups in total. The quantitative estimate of drug-likeness (QED) is 0.125. The molecule has 1 aromatic heterocycles. The third-order valence-electron chi connectivity index (χ3n) is 2.84. The smallest absolute Gasteiger partial charge is 0.387 e. The predicted molar refractivity (Wildman–Crippen MR) is 69.1 cm³/mol. The van der Waals surface area contributed by atoms with Crippen LogP contribution >= 0.6 is 7.82 Å². The third kappa shape index (κ3) is 3.88. The topological polar surface area (TPSA) is 204 Å². The van der Waals surface area contributed by atoms with Crippen LogP contribution in [0.3, 0.4) is 0 Å². The molecule has 1 aliphatic heterocycles. The number of aromatic nitrogens is 2. The van der Waals surface area contributed by atoms with Gasteiger partial charge in [-0.1, -0.05) is 0 Å². The molecule has 0 aliphatic carbocycles. The molecule has 2 unspecified atom stereocenters. The number of H-pyrrole nitrogens is 1. The molecule has 0 saturated carbocycles. The summed E-state index contributed by atoms with van der Waals surface area (Å²) in [5.74, 6) is -0.0835. The normalized spacial score (nSPS) is 31.4. The summed E-state index contributed by atoms with van der Waals surface area (Å²) in [4.78, 5) is 27.4. The first-order valence-corrected chi connectivity index (χ1v) is 7.47. The summed E-state index contributed by atoms with van der Waals surface area (Å²) in [6, 6.07) is 0. The van der Waals surface area contributed by atoms with E-state index in [1.54, 1.807) is 0 Å². The number of aliphatic hydroxyl groups is 3. The number of phosphoric ester groups is 1. The minimum absolute atomic E-state index is 0.0835. The second-order valence-electron chi connectivity index (χ2n) is 4.44. The van der Waals surface area contributed by atoms with Crippen LogP contribution in [0.15, 0.2) is 17.5 Å². The molecule has 1 saturated heterocycles. The number of ether oxygens (including phenoxy) is 1. The lowest BCUT2D eigenvalue weighted by Crippen LogP contribution is -2.39. The lowest BCUT2D eigenvalue weighted by Gasteiger charge is -2.20. The highest BCUT2D eigenvalue weighted by Gasteiger charge is 2.48. The number of phosphoric acid groups is 1. The van der Waals surface area contributed by atoms with Gasteiger partial charge in [-0.3, -0.25) is 4.52 Å². The van der Waals surface area contributed by atoms with Gasteiger partial charge in [-0.05, 0) is 0 Å². The molecule has 0 spiro atoms. The van der Waals surface area contributed by atoms with Gasteiger partial charge in [0.1, 0.15) is 29.8 Å². The van der Waals surface area contributed by atoms with Gasteiger partial charge in [0.05, 0.1) is 12.5 Å². The number of nitrogens with two attached hydrogens (primary N) is 1. The lowest BCUT2D eigenvalue weighted by atomic mass is 10.1. The van der Waals surface area contributed by atoms with E-state index in [4.69, 9.17) is 20.3 Å². The molecule has 2 heterocycles. The average Bonchev–Trinajstić information content (AvgIpc) is 3.00. The summed E-state index contributed by atoms with van der Waals surface area (Å²) < 4.78 is 19.7. The van der Waals surface area contributed by atoms with E-state index < -0.39 is 38.7 Å². The van der Waals surface area contributed by atoms with E-state index in [2.05, 4.69) is 19.5 Å². The van der Waals surface area contributed by atoms with Crippen molar-refractivity contribution >= 4 is 13.7 Å². The first kappa shape index (κ1) is 17.0. The van der Waals surface area contributed by atoms with E-state index >= 15 is 0 Å². The highest BCUT2D eigenvalue weighted by Crippen LogP contribution is 2.39. The Kier molecular flexibility index (Phi) is 4.94. The largest absolute Gasteiger partial charge is 0.472 e. The zero-order chi connectivity index (χ0) is 16.5. The first-order valence-electron chi connectivity index (χ1n) is 5.94. The van der Waals surface area contributed by atoms with Crippen LogP contribution in [-0.2, 0) is 13.8 Å². The second kappa shape index (κ2) is 6.40. The van der Waals surface area contributed by atoms with E-state index in [9.17, 15) is 19.9 Å². The van der Waals surface area contributed by atoms with Gasteiger partial charge in [-0.2, -0.15) is 0 Å². The van der Waals surface area contributed by atoms with Crippen molar-refractivity contribution in [1.82, 2.24) is 9.97 Å². The van der Waals surface area contributed by atoms with E-state index in [-0.39, 0.29) is 5.84 Å². The first-order chi connectivity index (χ1) is 10.2. The number of rotatable bonds is 5. The monoisotopic (exact) mass is 338 g/mol. The van der Waals surface area contributed by atoms with Gasteiger partial charge in [-0.15, -0.1) is 0 Å². The van der Waals surface area contributed by atoms with Crippen LogP contribution in [0, 0.1) is 0 Å². The molecule has 124 valence electrons. The number of nitrogens with one attached hydrogen (secondary N) is 1. The molecule has 5 atom stereocenters. The molecule has 0 aromatic carbocycles. The summed E-state index contributed by atoms with van der Waals surface area (Å²) in [7, 11) is -5.00. The summed E-state index contributed by atoms with van der Waals surface area (Å²) in [6.45, 7) is 0. The third-order valence-corrected chi connectivity index (χ3v) is 3.33. The average molecular weight is 338 g/mol. The number of hydrogen-bond acceptors (Lipinski definition) is 8. The van der Waals surface area contributed by atoms with E-state index in [1.165, 1.54) is 12.5 Å². The highest BCUT2D eigenvalue weighted by molar-refractivity contribution is 7.46.